The zero-order chi connectivity index (χ0) is 11.5. The molecule has 0 saturated carbocycles. The lowest BCUT2D eigenvalue weighted by Crippen LogP contribution is -2.02. The fourth-order valence-electron chi connectivity index (χ4n) is 1.32. The molecule has 16 heavy (non-hydrogen) atoms. The van der Waals surface area contributed by atoms with Gasteiger partial charge in [0.25, 0.3) is 0 Å². The number of aliphatic carboxylic acids is 1. The first-order chi connectivity index (χ1) is 7.68. The van der Waals surface area contributed by atoms with Crippen LogP contribution in [0.25, 0.3) is 11.3 Å². The van der Waals surface area contributed by atoms with E-state index in [0.29, 0.717) is 0 Å². The Morgan fingerprint density at radius 1 is 1.38 bits per heavy atom. The van der Waals surface area contributed by atoms with Crippen molar-refractivity contribution in [2.75, 3.05) is 0 Å². The van der Waals surface area contributed by atoms with E-state index in [9.17, 15) is 9.18 Å². The monoisotopic (exact) mass is 222 g/mol. The van der Waals surface area contributed by atoms with Crippen molar-refractivity contribution in [1.29, 1.82) is 0 Å². The third-order valence-electron chi connectivity index (χ3n) is 2.00. The lowest BCUT2D eigenvalue weighted by molar-refractivity contribution is -0.136. The summed E-state index contributed by atoms with van der Waals surface area (Å²) in [5, 5.41) is 15.6. The zero-order valence-corrected chi connectivity index (χ0v) is 8.05. The predicted octanol–water partition coefficient (Wildman–Crippen LogP) is 1.50. The van der Waals surface area contributed by atoms with Crippen molar-refractivity contribution in [2.24, 2.45) is 0 Å². The number of nitrogens with zero attached hydrogens (tertiary/aromatic N) is 2. The molecule has 0 bridgehead atoms. The number of hydrogen-bond donors (Lipinski definition) is 1. The highest BCUT2D eigenvalue weighted by atomic mass is 19.1. The van der Waals surface area contributed by atoms with Crippen molar-refractivity contribution in [3.63, 3.8) is 0 Å². The number of rotatable bonds is 3. The summed E-state index contributed by atoms with van der Waals surface area (Å²) in [6.45, 7) is 0. The van der Waals surface area contributed by atoms with Crippen LogP contribution >= 0.6 is 0 Å². The summed E-state index contributed by atoms with van der Waals surface area (Å²) in [6.07, 6.45) is -0.354. The number of benzene rings is 1. The van der Waals surface area contributed by atoms with Gasteiger partial charge in [0, 0.05) is 5.56 Å². The fraction of sp³-hybridized carbons (Fsp3) is 0.100. The maximum Gasteiger partial charge on any atom is 0.309 e. The van der Waals surface area contributed by atoms with E-state index in [1.165, 1.54) is 18.2 Å². The van der Waals surface area contributed by atoms with E-state index in [-0.39, 0.29) is 23.4 Å². The highest BCUT2D eigenvalue weighted by molar-refractivity contribution is 5.73. The van der Waals surface area contributed by atoms with Gasteiger partial charge in [-0.2, -0.15) is 0 Å². The predicted molar refractivity (Wildman–Crippen MR) is 51.0 cm³/mol. The van der Waals surface area contributed by atoms with Crippen molar-refractivity contribution >= 4 is 5.97 Å². The number of halogens is 1. The van der Waals surface area contributed by atoms with Gasteiger partial charge in [-0.15, -0.1) is 0 Å². The molecule has 0 atom stereocenters. The summed E-state index contributed by atoms with van der Waals surface area (Å²) < 4.78 is 17.8. The van der Waals surface area contributed by atoms with Crippen LogP contribution in [0, 0.1) is 5.82 Å². The Labute approximate surface area is 89.5 Å². The quantitative estimate of drug-likeness (QED) is 0.851. The van der Waals surface area contributed by atoms with Gasteiger partial charge in [-0.25, -0.2) is 9.02 Å². The second kappa shape index (κ2) is 4.09. The maximum absolute atomic E-state index is 13.4. The Balaban J connectivity index is 2.45. The Morgan fingerprint density at radius 3 is 2.81 bits per heavy atom. The van der Waals surface area contributed by atoms with Crippen LogP contribution in [0.2, 0.25) is 0 Å². The molecule has 0 fully saturated rings. The van der Waals surface area contributed by atoms with Gasteiger partial charge in [-0.3, -0.25) is 4.79 Å². The van der Waals surface area contributed by atoms with Gasteiger partial charge < -0.3 is 5.11 Å². The molecule has 1 aromatic heterocycles. The van der Waals surface area contributed by atoms with Crippen molar-refractivity contribution in [2.45, 2.75) is 6.42 Å². The normalized spacial score (nSPS) is 10.3. The van der Waals surface area contributed by atoms with Crippen molar-refractivity contribution in [1.82, 2.24) is 10.3 Å². The Morgan fingerprint density at radius 2 is 2.12 bits per heavy atom. The summed E-state index contributed by atoms with van der Waals surface area (Å²) in [6, 6.07) is 5.90. The van der Waals surface area contributed by atoms with Gasteiger partial charge in [-0.05, 0) is 17.3 Å². The Kier molecular flexibility index (Phi) is 2.63. The smallest absolute Gasteiger partial charge is 0.309 e. The summed E-state index contributed by atoms with van der Waals surface area (Å²) in [5.41, 5.74) is 0.415. The average Bonchev–Trinajstić information content (AvgIpc) is 2.66. The Hall–Kier alpha value is -2.24. The molecule has 5 nitrogen and oxygen atoms in total. The SMILES string of the molecule is O=C(O)Cc1nonc1-c1ccccc1F. The first-order valence-corrected chi connectivity index (χ1v) is 4.46. The molecule has 0 unspecified atom stereocenters. The van der Waals surface area contributed by atoms with Gasteiger partial charge in [0.15, 0.2) is 0 Å². The second-order valence-corrected chi connectivity index (χ2v) is 3.11. The maximum atomic E-state index is 13.4. The largest absolute Gasteiger partial charge is 0.481 e. The Bertz CT molecular complexity index is 524. The van der Waals surface area contributed by atoms with E-state index in [1.54, 1.807) is 6.07 Å². The topological polar surface area (TPSA) is 76.2 Å². The minimum absolute atomic E-state index is 0.109. The first kappa shape index (κ1) is 10.3. The van der Waals surface area contributed by atoms with Crippen LogP contribution < -0.4 is 0 Å². The molecule has 0 radical (unpaired) electrons. The highest BCUT2D eigenvalue weighted by Crippen LogP contribution is 2.23. The molecule has 6 heteroatoms. The summed E-state index contributed by atoms with van der Waals surface area (Å²) >= 11 is 0. The average molecular weight is 222 g/mol. The molecule has 1 aromatic carbocycles. The third-order valence-corrected chi connectivity index (χ3v) is 2.00. The minimum atomic E-state index is -1.08. The van der Waals surface area contributed by atoms with Crippen molar-refractivity contribution in [3.8, 4) is 11.3 Å². The first-order valence-electron chi connectivity index (χ1n) is 4.46. The molecule has 2 rings (SSSR count). The summed E-state index contributed by atoms with van der Waals surface area (Å²) in [5.74, 6) is -1.57. The van der Waals surface area contributed by atoms with Crippen molar-refractivity contribution in [3.05, 3.63) is 35.8 Å². The van der Waals surface area contributed by atoms with Crippen LogP contribution in [0.3, 0.4) is 0 Å². The van der Waals surface area contributed by atoms with Gasteiger partial charge >= 0.3 is 5.97 Å². The molecule has 0 saturated heterocycles. The van der Waals surface area contributed by atoms with E-state index in [4.69, 9.17) is 5.11 Å². The van der Waals surface area contributed by atoms with E-state index in [0.717, 1.165) is 0 Å². The van der Waals surface area contributed by atoms with Crippen molar-refractivity contribution < 1.29 is 18.9 Å². The molecule has 0 amide bonds. The van der Waals surface area contributed by atoms with Gasteiger partial charge in [-0.1, -0.05) is 17.3 Å². The summed E-state index contributed by atoms with van der Waals surface area (Å²) in [7, 11) is 0. The molecule has 2 aromatic rings. The van der Waals surface area contributed by atoms with E-state index < -0.39 is 11.8 Å². The molecule has 1 N–H and O–H groups in total. The van der Waals surface area contributed by atoms with Gasteiger partial charge in [0.05, 0.1) is 6.42 Å². The fourth-order valence-corrected chi connectivity index (χ4v) is 1.32. The second-order valence-electron chi connectivity index (χ2n) is 3.11. The highest BCUT2D eigenvalue weighted by Gasteiger charge is 2.17. The number of carbonyl (C=O) groups is 1. The number of aromatic nitrogens is 2. The zero-order valence-electron chi connectivity index (χ0n) is 8.05. The molecular weight excluding hydrogens is 215 g/mol. The van der Waals surface area contributed by atoms with E-state index in [2.05, 4.69) is 14.9 Å². The van der Waals surface area contributed by atoms with Gasteiger partial charge in [0.1, 0.15) is 17.2 Å². The molecule has 0 aliphatic carbocycles. The molecule has 0 spiro atoms. The lowest BCUT2D eigenvalue weighted by Gasteiger charge is -1.98. The molecule has 82 valence electrons. The van der Waals surface area contributed by atoms with Crippen LogP contribution in [0.1, 0.15) is 5.69 Å². The molecule has 1 heterocycles. The van der Waals surface area contributed by atoms with Gasteiger partial charge in [0.2, 0.25) is 0 Å². The molecule has 0 aliphatic rings. The number of hydrogen-bond acceptors (Lipinski definition) is 4. The minimum Gasteiger partial charge on any atom is -0.481 e. The van der Waals surface area contributed by atoms with Crippen LogP contribution in [-0.4, -0.2) is 21.4 Å². The number of carboxylic acid groups (broad SMARTS) is 1. The molecule has 0 aliphatic heterocycles. The van der Waals surface area contributed by atoms with E-state index >= 15 is 0 Å². The third kappa shape index (κ3) is 1.90. The molecular formula is C10H7FN2O3. The number of carboxylic acids is 1. The van der Waals surface area contributed by atoms with Crippen LogP contribution in [0.5, 0.6) is 0 Å². The summed E-state index contributed by atoms with van der Waals surface area (Å²) in [4.78, 5) is 10.5. The lowest BCUT2D eigenvalue weighted by atomic mass is 10.1. The van der Waals surface area contributed by atoms with Crippen LogP contribution in [0.4, 0.5) is 4.39 Å². The standard InChI is InChI=1S/C10H7FN2O3/c11-7-4-2-1-3-6(7)10-8(5-9(14)15)12-16-13-10/h1-4H,5H2,(H,14,15). The van der Waals surface area contributed by atoms with E-state index in [1.807, 2.05) is 0 Å². The van der Waals surface area contributed by atoms with Crippen LogP contribution in [-0.2, 0) is 11.2 Å². The van der Waals surface area contributed by atoms with Crippen LogP contribution in [0.15, 0.2) is 28.9 Å².